The number of carbonyl (C=O) groups is 1. The van der Waals surface area contributed by atoms with Crippen LogP contribution in [0.25, 0.3) is 11.4 Å². The number of benzene rings is 1. The maximum Gasteiger partial charge on any atom is 0.262 e. The van der Waals surface area contributed by atoms with Crippen molar-refractivity contribution in [1.29, 1.82) is 0 Å². The number of hydrogen-bond acceptors (Lipinski definition) is 5. The summed E-state index contributed by atoms with van der Waals surface area (Å²) in [6.45, 7) is 0.414. The number of alkyl halides is 2. The standard InChI is InChI=1S/C18H19F3N4O2/c19-13-5-3-11(4-6-13)15-23-16(27-24-15)12-2-1-7-25(9-12)17(26)14-8-18(20,21)10-22-14/h3-6,12,14,22H,1-2,7-10H2. The lowest BCUT2D eigenvalue weighted by Gasteiger charge is -2.32. The zero-order valence-electron chi connectivity index (χ0n) is 14.5. The van der Waals surface area contributed by atoms with Gasteiger partial charge < -0.3 is 9.42 Å². The van der Waals surface area contributed by atoms with Crippen molar-refractivity contribution in [3.8, 4) is 11.4 Å². The van der Waals surface area contributed by atoms with E-state index in [0.717, 1.165) is 12.8 Å². The largest absolute Gasteiger partial charge is 0.341 e. The van der Waals surface area contributed by atoms with E-state index in [2.05, 4.69) is 15.5 Å². The Morgan fingerprint density at radius 3 is 2.78 bits per heavy atom. The Kier molecular flexibility index (Phi) is 4.63. The van der Waals surface area contributed by atoms with Crippen molar-refractivity contribution >= 4 is 5.91 Å². The molecule has 1 aromatic heterocycles. The molecule has 2 aliphatic rings. The highest BCUT2D eigenvalue weighted by Gasteiger charge is 2.44. The van der Waals surface area contributed by atoms with E-state index in [0.29, 0.717) is 30.4 Å². The maximum absolute atomic E-state index is 13.4. The van der Waals surface area contributed by atoms with Crippen LogP contribution >= 0.6 is 0 Å². The minimum absolute atomic E-state index is 0.147. The average molecular weight is 380 g/mol. The van der Waals surface area contributed by atoms with E-state index >= 15 is 0 Å². The fraction of sp³-hybridized carbons (Fsp3) is 0.500. The summed E-state index contributed by atoms with van der Waals surface area (Å²) in [6, 6.07) is 4.91. The number of amides is 1. The average Bonchev–Trinajstić information content (AvgIpc) is 3.29. The molecule has 2 unspecified atom stereocenters. The van der Waals surface area contributed by atoms with Gasteiger partial charge in [0.25, 0.3) is 5.92 Å². The van der Waals surface area contributed by atoms with Crippen LogP contribution in [0.1, 0.15) is 31.1 Å². The fourth-order valence-electron chi connectivity index (χ4n) is 3.61. The van der Waals surface area contributed by atoms with Crippen LogP contribution in [0, 0.1) is 5.82 Å². The van der Waals surface area contributed by atoms with Gasteiger partial charge in [0.1, 0.15) is 5.82 Å². The normalized spacial score (nSPS) is 24.9. The number of carbonyl (C=O) groups excluding carboxylic acids is 1. The zero-order chi connectivity index (χ0) is 19.0. The van der Waals surface area contributed by atoms with Crippen LogP contribution in [0.15, 0.2) is 28.8 Å². The van der Waals surface area contributed by atoms with Gasteiger partial charge in [-0.3, -0.25) is 10.1 Å². The van der Waals surface area contributed by atoms with E-state index in [1.165, 1.54) is 12.1 Å². The molecular weight excluding hydrogens is 361 g/mol. The van der Waals surface area contributed by atoms with Crippen molar-refractivity contribution in [3.63, 3.8) is 0 Å². The lowest BCUT2D eigenvalue weighted by molar-refractivity contribution is -0.135. The van der Waals surface area contributed by atoms with Crippen molar-refractivity contribution in [2.45, 2.75) is 37.1 Å². The molecule has 4 rings (SSSR count). The second kappa shape index (κ2) is 6.95. The predicted molar refractivity (Wildman–Crippen MR) is 89.6 cm³/mol. The third kappa shape index (κ3) is 3.83. The summed E-state index contributed by atoms with van der Waals surface area (Å²) in [7, 11) is 0. The lowest BCUT2D eigenvalue weighted by atomic mass is 9.97. The van der Waals surface area contributed by atoms with Crippen molar-refractivity contribution in [3.05, 3.63) is 36.0 Å². The first kappa shape index (κ1) is 18.0. The van der Waals surface area contributed by atoms with E-state index in [9.17, 15) is 18.0 Å². The van der Waals surface area contributed by atoms with Gasteiger partial charge in [0, 0.05) is 25.1 Å². The summed E-state index contributed by atoms with van der Waals surface area (Å²) < 4.78 is 45.1. The fourth-order valence-corrected chi connectivity index (χ4v) is 3.61. The van der Waals surface area contributed by atoms with Crippen LogP contribution in [0.5, 0.6) is 0 Å². The van der Waals surface area contributed by atoms with Crippen LogP contribution in [-0.4, -0.2) is 52.5 Å². The zero-order valence-corrected chi connectivity index (χ0v) is 14.5. The Morgan fingerprint density at radius 1 is 1.30 bits per heavy atom. The molecule has 0 saturated carbocycles. The molecule has 144 valence electrons. The summed E-state index contributed by atoms with van der Waals surface area (Å²) >= 11 is 0. The van der Waals surface area contributed by atoms with Gasteiger partial charge in [-0.25, -0.2) is 13.2 Å². The minimum Gasteiger partial charge on any atom is -0.341 e. The van der Waals surface area contributed by atoms with Gasteiger partial charge in [-0.05, 0) is 37.1 Å². The number of nitrogens with zero attached hydrogens (tertiary/aromatic N) is 3. The first-order valence-electron chi connectivity index (χ1n) is 8.91. The highest BCUT2D eigenvalue weighted by atomic mass is 19.3. The monoisotopic (exact) mass is 380 g/mol. The molecule has 2 fully saturated rings. The van der Waals surface area contributed by atoms with Gasteiger partial charge in [0.15, 0.2) is 0 Å². The lowest BCUT2D eigenvalue weighted by Crippen LogP contribution is -2.47. The third-order valence-electron chi connectivity index (χ3n) is 5.03. The quantitative estimate of drug-likeness (QED) is 0.886. The predicted octanol–water partition coefficient (Wildman–Crippen LogP) is 2.58. The second-order valence-electron chi connectivity index (χ2n) is 7.08. The summed E-state index contributed by atoms with van der Waals surface area (Å²) in [5.74, 6) is -2.90. The molecule has 9 heteroatoms. The van der Waals surface area contributed by atoms with Gasteiger partial charge in [-0.1, -0.05) is 5.16 Å². The Labute approximate surface area is 153 Å². The van der Waals surface area contributed by atoms with E-state index in [4.69, 9.17) is 4.52 Å². The molecular formula is C18H19F3N4O2. The molecule has 2 atom stereocenters. The highest BCUT2D eigenvalue weighted by molar-refractivity contribution is 5.82. The SMILES string of the molecule is O=C(C1CC(F)(F)CN1)N1CCCC(c2nc(-c3ccc(F)cc3)no2)C1. The number of halogens is 3. The molecule has 2 aromatic rings. The number of aromatic nitrogens is 2. The Hall–Kier alpha value is -2.42. The highest BCUT2D eigenvalue weighted by Crippen LogP contribution is 2.30. The van der Waals surface area contributed by atoms with Crippen molar-refractivity contribution in [2.24, 2.45) is 0 Å². The summed E-state index contributed by atoms with van der Waals surface area (Å²) in [5.41, 5.74) is 0.632. The molecule has 27 heavy (non-hydrogen) atoms. The molecule has 1 amide bonds. The van der Waals surface area contributed by atoms with Crippen molar-refractivity contribution < 1.29 is 22.5 Å². The smallest absolute Gasteiger partial charge is 0.262 e. The second-order valence-corrected chi connectivity index (χ2v) is 7.08. The van der Waals surface area contributed by atoms with E-state index < -0.39 is 24.9 Å². The molecule has 1 aromatic carbocycles. The Bertz CT molecular complexity index is 824. The number of hydrogen-bond donors (Lipinski definition) is 1. The van der Waals surface area contributed by atoms with Crippen LogP contribution in [0.2, 0.25) is 0 Å². The molecule has 0 bridgehead atoms. The first-order valence-corrected chi connectivity index (χ1v) is 8.91. The third-order valence-corrected chi connectivity index (χ3v) is 5.03. The van der Waals surface area contributed by atoms with Crippen molar-refractivity contribution in [2.75, 3.05) is 19.6 Å². The molecule has 2 saturated heterocycles. The van der Waals surface area contributed by atoms with Gasteiger partial charge in [-0.2, -0.15) is 4.98 Å². The van der Waals surface area contributed by atoms with Gasteiger partial charge in [0.2, 0.25) is 17.6 Å². The van der Waals surface area contributed by atoms with Crippen LogP contribution < -0.4 is 5.32 Å². The minimum atomic E-state index is -2.84. The summed E-state index contributed by atoms with van der Waals surface area (Å²) in [6.07, 6.45) is 1.03. The maximum atomic E-state index is 13.4. The van der Waals surface area contributed by atoms with E-state index in [-0.39, 0.29) is 17.6 Å². The summed E-state index contributed by atoms with van der Waals surface area (Å²) in [4.78, 5) is 18.5. The molecule has 0 spiro atoms. The molecule has 0 aliphatic carbocycles. The number of rotatable bonds is 3. The van der Waals surface area contributed by atoms with Crippen LogP contribution in [-0.2, 0) is 4.79 Å². The molecule has 6 nitrogen and oxygen atoms in total. The molecule has 0 radical (unpaired) electrons. The van der Waals surface area contributed by atoms with E-state index in [1.807, 2.05) is 0 Å². The summed E-state index contributed by atoms with van der Waals surface area (Å²) in [5, 5.41) is 6.54. The van der Waals surface area contributed by atoms with Gasteiger partial charge in [-0.15, -0.1) is 0 Å². The van der Waals surface area contributed by atoms with E-state index in [1.54, 1.807) is 17.0 Å². The Balaban J connectivity index is 1.44. The topological polar surface area (TPSA) is 71.3 Å². The Morgan fingerprint density at radius 2 is 2.07 bits per heavy atom. The number of piperidine rings is 1. The number of likely N-dealkylation sites (tertiary alicyclic amines) is 1. The molecule has 3 heterocycles. The molecule has 1 N–H and O–H groups in total. The first-order chi connectivity index (χ1) is 12.9. The van der Waals surface area contributed by atoms with Crippen LogP contribution in [0.3, 0.4) is 0 Å². The van der Waals surface area contributed by atoms with Crippen LogP contribution in [0.4, 0.5) is 13.2 Å². The molecule has 2 aliphatic heterocycles. The van der Waals surface area contributed by atoms with Gasteiger partial charge >= 0.3 is 0 Å². The van der Waals surface area contributed by atoms with Gasteiger partial charge in [0.05, 0.1) is 18.5 Å². The van der Waals surface area contributed by atoms with Crippen molar-refractivity contribution in [1.82, 2.24) is 20.4 Å². The number of nitrogens with one attached hydrogen (secondary N) is 1.